The molecule has 90 valence electrons. The highest BCUT2D eigenvalue weighted by Crippen LogP contribution is 2.21. The molecule has 3 nitrogen and oxygen atoms in total. The van der Waals surface area contributed by atoms with Crippen molar-refractivity contribution in [3.8, 4) is 0 Å². The minimum absolute atomic E-state index is 0.658. The lowest BCUT2D eigenvalue weighted by molar-refractivity contribution is 0.449. The van der Waals surface area contributed by atoms with Crippen LogP contribution in [0.15, 0.2) is 22.6 Å². The quantitative estimate of drug-likeness (QED) is 0.880. The first kappa shape index (κ1) is 10.8. The molecule has 3 rings (SSSR count). The van der Waals surface area contributed by atoms with Gasteiger partial charge in [-0.1, -0.05) is 25.0 Å². The van der Waals surface area contributed by atoms with Gasteiger partial charge >= 0.3 is 0 Å². The molecule has 1 aliphatic rings. The maximum absolute atomic E-state index is 5.79. The van der Waals surface area contributed by atoms with Crippen LogP contribution < -0.4 is 5.32 Å². The first-order valence-corrected chi connectivity index (χ1v) is 6.41. The monoisotopic (exact) mass is 230 g/mol. The summed E-state index contributed by atoms with van der Waals surface area (Å²) in [6.45, 7) is 2.81. The third kappa shape index (κ3) is 2.20. The Labute approximate surface area is 101 Å². The fourth-order valence-corrected chi connectivity index (χ4v) is 2.57. The molecule has 1 saturated carbocycles. The van der Waals surface area contributed by atoms with Crippen LogP contribution in [0.2, 0.25) is 0 Å². The van der Waals surface area contributed by atoms with Gasteiger partial charge in [0, 0.05) is 6.04 Å². The first-order chi connectivity index (χ1) is 8.33. The van der Waals surface area contributed by atoms with Gasteiger partial charge in [-0.3, -0.25) is 0 Å². The van der Waals surface area contributed by atoms with Gasteiger partial charge in [0.25, 0.3) is 0 Å². The van der Waals surface area contributed by atoms with Crippen molar-refractivity contribution in [2.75, 3.05) is 0 Å². The summed E-state index contributed by atoms with van der Waals surface area (Å²) in [5, 5.41) is 3.52. The highest BCUT2D eigenvalue weighted by Gasteiger charge is 2.15. The third-order valence-electron chi connectivity index (χ3n) is 3.55. The molecule has 0 bridgehead atoms. The van der Waals surface area contributed by atoms with Crippen LogP contribution in [0.3, 0.4) is 0 Å². The van der Waals surface area contributed by atoms with Crippen molar-refractivity contribution < 1.29 is 4.42 Å². The van der Waals surface area contributed by atoms with Gasteiger partial charge in [0.1, 0.15) is 5.52 Å². The van der Waals surface area contributed by atoms with Crippen molar-refractivity contribution >= 4 is 11.1 Å². The normalized spacial score (nSPS) is 17.0. The molecule has 1 heterocycles. The van der Waals surface area contributed by atoms with Crippen LogP contribution in [0.5, 0.6) is 0 Å². The molecule has 3 heteroatoms. The van der Waals surface area contributed by atoms with Crippen molar-refractivity contribution in [1.82, 2.24) is 10.3 Å². The number of fused-ring (bicyclic) bond motifs is 1. The van der Waals surface area contributed by atoms with Crippen LogP contribution in [-0.4, -0.2) is 11.0 Å². The van der Waals surface area contributed by atoms with E-state index >= 15 is 0 Å². The summed E-state index contributed by atoms with van der Waals surface area (Å²) >= 11 is 0. The molecule has 0 radical (unpaired) electrons. The fraction of sp³-hybridized carbons (Fsp3) is 0.500. The summed E-state index contributed by atoms with van der Waals surface area (Å²) in [5.41, 5.74) is 3.05. The van der Waals surface area contributed by atoms with Gasteiger partial charge in [-0.15, -0.1) is 0 Å². The number of aromatic nitrogens is 1. The molecule has 1 fully saturated rings. The summed E-state index contributed by atoms with van der Waals surface area (Å²) < 4.78 is 5.79. The number of benzene rings is 1. The van der Waals surface area contributed by atoms with E-state index in [0.717, 1.165) is 29.1 Å². The highest BCUT2D eigenvalue weighted by atomic mass is 16.3. The van der Waals surface area contributed by atoms with Gasteiger partial charge in [-0.05, 0) is 31.4 Å². The minimum atomic E-state index is 0.658. The van der Waals surface area contributed by atoms with E-state index in [1.807, 2.05) is 12.1 Å². The molecule has 1 aromatic heterocycles. The predicted molar refractivity (Wildman–Crippen MR) is 67.8 cm³/mol. The van der Waals surface area contributed by atoms with Crippen LogP contribution in [-0.2, 0) is 6.54 Å². The van der Waals surface area contributed by atoms with Crippen molar-refractivity contribution in [1.29, 1.82) is 0 Å². The third-order valence-corrected chi connectivity index (χ3v) is 3.55. The van der Waals surface area contributed by atoms with E-state index in [0.29, 0.717) is 6.04 Å². The number of para-hydroxylation sites is 1. The second kappa shape index (κ2) is 4.49. The van der Waals surface area contributed by atoms with Gasteiger partial charge < -0.3 is 9.73 Å². The molecule has 1 N–H and O–H groups in total. The summed E-state index contributed by atoms with van der Waals surface area (Å²) in [4.78, 5) is 4.51. The van der Waals surface area contributed by atoms with Crippen LogP contribution in [0.25, 0.3) is 11.1 Å². The maximum Gasteiger partial charge on any atom is 0.209 e. The Morgan fingerprint density at radius 1 is 1.35 bits per heavy atom. The lowest BCUT2D eigenvalue weighted by Gasteiger charge is -2.08. The van der Waals surface area contributed by atoms with Crippen molar-refractivity contribution in [2.45, 2.75) is 45.2 Å². The average molecular weight is 230 g/mol. The fourth-order valence-electron chi connectivity index (χ4n) is 2.57. The number of oxazole rings is 1. The predicted octanol–water partition coefficient (Wildman–Crippen LogP) is 3.17. The van der Waals surface area contributed by atoms with Gasteiger partial charge in [0.05, 0.1) is 6.54 Å². The number of rotatable bonds is 3. The van der Waals surface area contributed by atoms with Crippen LogP contribution >= 0.6 is 0 Å². The standard InChI is InChI=1S/C14H18N2O/c1-10-5-4-8-12-14(10)17-13(16-12)9-15-11-6-2-3-7-11/h4-5,8,11,15H,2-3,6-7,9H2,1H3. The van der Waals surface area contributed by atoms with E-state index in [2.05, 4.69) is 23.3 Å². The Morgan fingerprint density at radius 2 is 2.18 bits per heavy atom. The SMILES string of the molecule is Cc1cccc2nc(CNC3CCCC3)oc12. The maximum atomic E-state index is 5.79. The summed E-state index contributed by atoms with van der Waals surface area (Å²) in [6, 6.07) is 6.74. The van der Waals surface area contributed by atoms with Gasteiger partial charge in [-0.2, -0.15) is 0 Å². The lowest BCUT2D eigenvalue weighted by Crippen LogP contribution is -2.25. The highest BCUT2D eigenvalue weighted by molar-refractivity contribution is 5.75. The average Bonchev–Trinajstić information content (AvgIpc) is 2.95. The molecule has 1 aromatic carbocycles. The number of hydrogen-bond donors (Lipinski definition) is 1. The first-order valence-electron chi connectivity index (χ1n) is 6.41. The van der Waals surface area contributed by atoms with Crippen molar-refractivity contribution in [2.24, 2.45) is 0 Å². The lowest BCUT2D eigenvalue weighted by atomic mass is 10.2. The molecule has 1 aliphatic carbocycles. The molecule has 0 atom stereocenters. The summed E-state index contributed by atoms with van der Waals surface area (Å²) in [6.07, 6.45) is 5.28. The van der Waals surface area contributed by atoms with E-state index in [4.69, 9.17) is 4.42 Å². The molecule has 17 heavy (non-hydrogen) atoms. The molecule has 0 amide bonds. The number of nitrogens with one attached hydrogen (secondary N) is 1. The van der Waals surface area contributed by atoms with E-state index in [-0.39, 0.29) is 0 Å². The van der Waals surface area contributed by atoms with Crippen LogP contribution in [0, 0.1) is 6.92 Å². The molecule has 2 aromatic rings. The van der Waals surface area contributed by atoms with E-state index in [9.17, 15) is 0 Å². The van der Waals surface area contributed by atoms with Crippen LogP contribution in [0.4, 0.5) is 0 Å². The molecule has 0 saturated heterocycles. The van der Waals surface area contributed by atoms with E-state index in [1.165, 1.54) is 25.7 Å². The van der Waals surface area contributed by atoms with Gasteiger partial charge in [0.15, 0.2) is 5.58 Å². The topological polar surface area (TPSA) is 38.1 Å². The number of aryl methyl sites for hydroxylation is 1. The second-order valence-electron chi connectivity index (χ2n) is 4.89. The van der Waals surface area contributed by atoms with E-state index < -0.39 is 0 Å². The minimum Gasteiger partial charge on any atom is -0.439 e. The van der Waals surface area contributed by atoms with Gasteiger partial charge in [0.2, 0.25) is 5.89 Å². The van der Waals surface area contributed by atoms with Gasteiger partial charge in [-0.25, -0.2) is 4.98 Å². The van der Waals surface area contributed by atoms with Crippen LogP contribution in [0.1, 0.15) is 37.1 Å². The Balaban J connectivity index is 1.74. The Kier molecular flexibility index (Phi) is 2.85. The van der Waals surface area contributed by atoms with Crippen molar-refractivity contribution in [3.63, 3.8) is 0 Å². The Morgan fingerprint density at radius 3 is 2.94 bits per heavy atom. The van der Waals surface area contributed by atoms with E-state index in [1.54, 1.807) is 0 Å². The summed E-state index contributed by atoms with van der Waals surface area (Å²) in [7, 11) is 0. The molecule has 0 unspecified atom stereocenters. The zero-order valence-corrected chi connectivity index (χ0v) is 10.2. The molecular weight excluding hydrogens is 212 g/mol. The molecule has 0 spiro atoms. The number of nitrogens with zero attached hydrogens (tertiary/aromatic N) is 1. The second-order valence-corrected chi connectivity index (χ2v) is 4.89. The largest absolute Gasteiger partial charge is 0.439 e. The van der Waals surface area contributed by atoms with Crippen molar-refractivity contribution in [3.05, 3.63) is 29.7 Å². The molecule has 0 aliphatic heterocycles. The molecular formula is C14H18N2O. The zero-order chi connectivity index (χ0) is 11.7. The zero-order valence-electron chi connectivity index (χ0n) is 10.2. The Bertz CT molecular complexity index is 512. The summed E-state index contributed by atoms with van der Waals surface area (Å²) in [5.74, 6) is 0.807. The Hall–Kier alpha value is -1.35. The number of hydrogen-bond acceptors (Lipinski definition) is 3. The smallest absolute Gasteiger partial charge is 0.209 e.